The number of carbonyl (C=O) groups excluding carboxylic acids is 3. The van der Waals surface area contributed by atoms with Gasteiger partial charge < -0.3 is 29.7 Å². The quantitative estimate of drug-likeness (QED) is 0.154. The van der Waals surface area contributed by atoms with Crippen molar-refractivity contribution in [1.82, 2.24) is 29.7 Å². The summed E-state index contributed by atoms with van der Waals surface area (Å²) in [6, 6.07) is 25.3. The molecule has 0 saturated heterocycles. The van der Waals surface area contributed by atoms with E-state index in [-0.39, 0.29) is 35.2 Å². The number of hydrogen-bond donors (Lipinski definition) is 3. The molecule has 70 heavy (non-hydrogen) atoms. The van der Waals surface area contributed by atoms with Gasteiger partial charge in [0.05, 0.1) is 16.6 Å². The van der Waals surface area contributed by atoms with Crippen LogP contribution in [-0.4, -0.2) is 51.1 Å². The first-order valence-electron chi connectivity index (χ1n) is 22.4. The largest absolute Gasteiger partial charge is 0.349 e. The molecule has 3 N–H and O–H groups in total. The van der Waals surface area contributed by atoms with Crippen LogP contribution >= 0.6 is 11.6 Å². The SMILES string of the molecule is Cc1c2n(c3c(-c4ccc(Cl)cc4)cc(F)cc13)CCNC2=O.Cc1c2n(c3c(-c4ccc(F)c(F)c4)cc(F)cc13)CCNC2=O.Cc1c2n(c3c(-c4ccc(F)cc4)cc(F)cc13)CCNC2=O. The van der Waals surface area contributed by atoms with Crippen LogP contribution in [0.4, 0.5) is 26.3 Å². The minimum Gasteiger partial charge on any atom is -0.349 e. The maximum absolute atomic E-state index is 14.2. The van der Waals surface area contributed by atoms with Crippen molar-refractivity contribution in [2.45, 2.75) is 40.4 Å². The molecule has 6 aromatic carbocycles. The fourth-order valence-electron chi connectivity index (χ4n) is 10.1. The number of aromatic nitrogens is 3. The van der Waals surface area contributed by atoms with E-state index in [9.17, 15) is 40.7 Å². The van der Waals surface area contributed by atoms with Crippen molar-refractivity contribution >= 4 is 62.0 Å². The van der Waals surface area contributed by atoms with E-state index in [0.29, 0.717) is 94.5 Å². The molecule has 3 aliphatic heterocycles. The molecule has 0 atom stereocenters. The Bertz CT molecular complexity index is 3500. The maximum Gasteiger partial charge on any atom is 0.268 e. The molecule has 0 unspecified atom stereocenters. The topological polar surface area (TPSA) is 102 Å². The number of amides is 3. The van der Waals surface area contributed by atoms with Gasteiger partial charge in [-0.05, 0) is 127 Å². The average molecular weight is 971 g/mol. The molecule has 12 rings (SSSR count). The van der Waals surface area contributed by atoms with Crippen molar-refractivity contribution in [2.75, 3.05) is 19.6 Å². The molecule has 0 bridgehead atoms. The number of fused-ring (bicyclic) bond motifs is 9. The maximum atomic E-state index is 14.2. The fraction of sp³-hybridized carbons (Fsp3) is 0.167. The number of rotatable bonds is 3. The van der Waals surface area contributed by atoms with Crippen LogP contribution < -0.4 is 16.0 Å². The molecule has 0 saturated carbocycles. The van der Waals surface area contributed by atoms with Crippen LogP contribution in [0.5, 0.6) is 0 Å². The summed E-state index contributed by atoms with van der Waals surface area (Å²) in [6.45, 7) is 8.87. The van der Waals surface area contributed by atoms with Gasteiger partial charge in [0.25, 0.3) is 17.7 Å². The zero-order valence-corrected chi connectivity index (χ0v) is 38.5. The van der Waals surface area contributed by atoms with Gasteiger partial charge in [-0.3, -0.25) is 14.4 Å². The molecule has 354 valence electrons. The number of carbonyl (C=O) groups is 3. The van der Waals surface area contributed by atoms with Crippen LogP contribution in [-0.2, 0) is 19.6 Å². The first kappa shape index (κ1) is 46.0. The number of nitrogens with zero attached hydrogens (tertiary/aromatic N) is 3. The highest BCUT2D eigenvalue weighted by atomic mass is 35.5. The summed E-state index contributed by atoms with van der Waals surface area (Å²) in [4.78, 5) is 36.6. The molecule has 16 heteroatoms. The third kappa shape index (κ3) is 7.93. The van der Waals surface area contributed by atoms with E-state index in [1.54, 1.807) is 31.2 Å². The molecule has 9 aromatic rings. The van der Waals surface area contributed by atoms with Crippen molar-refractivity contribution in [3.8, 4) is 33.4 Å². The third-order valence-corrected chi connectivity index (χ3v) is 13.4. The Morgan fingerprint density at radius 2 is 0.757 bits per heavy atom. The van der Waals surface area contributed by atoms with Gasteiger partial charge in [-0.1, -0.05) is 41.9 Å². The smallest absolute Gasteiger partial charge is 0.268 e. The normalized spacial score (nSPS) is 13.9. The Morgan fingerprint density at radius 1 is 0.414 bits per heavy atom. The highest BCUT2D eigenvalue weighted by Gasteiger charge is 2.29. The number of halogens is 7. The molecule has 3 aromatic heterocycles. The summed E-state index contributed by atoms with van der Waals surface area (Å²) < 4.78 is 88.2. The molecule has 6 heterocycles. The van der Waals surface area contributed by atoms with Crippen LogP contribution in [0.25, 0.3) is 66.1 Å². The zero-order chi connectivity index (χ0) is 49.3. The first-order valence-corrected chi connectivity index (χ1v) is 22.8. The predicted molar refractivity (Wildman–Crippen MR) is 258 cm³/mol. The van der Waals surface area contributed by atoms with Gasteiger partial charge >= 0.3 is 0 Å². The van der Waals surface area contributed by atoms with E-state index in [1.165, 1.54) is 54.6 Å². The predicted octanol–water partition coefficient (Wildman–Crippen LogP) is 11.6. The van der Waals surface area contributed by atoms with Gasteiger partial charge in [0.15, 0.2) is 11.6 Å². The Kier molecular flexibility index (Phi) is 11.8. The van der Waals surface area contributed by atoms with Crippen LogP contribution in [0, 0.1) is 55.7 Å². The number of benzene rings is 6. The zero-order valence-electron chi connectivity index (χ0n) is 37.8. The van der Waals surface area contributed by atoms with Crippen molar-refractivity contribution in [2.24, 2.45) is 0 Å². The molecule has 9 nitrogen and oxygen atoms in total. The van der Waals surface area contributed by atoms with Gasteiger partial charge in [0.2, 0.25) is 0 Å². The third-order valence-electron chi connectivity index (χ3n) is 13.2. The van der Waals surface area contributed by atoms with Gasteiger partial charge in [0.1, 0.15) is 40.4 Å². The van der Waals surface area contributed by atoms with E-state index >= 15 is 0 Å². The molecule has 0 aliphatic carbocycles. The Balaban J connectivity index is 0.000000122. The summed E-state index contributed by atoms with van der Waals surface area (Å²) in [7, 11) is 0. The summed E-state index contributed by atoms with van der Waals surface area (Å²) >= 11 is 5.96. The summed E-state index contributed by atoms with van der Waals surface area (Å²) in [5, 5.41) is 11.2. The Morgan fingerprint density at radius 3 is 1.13 bits per heavy atom. The van der Waals surface area contributed by atoms with E-state index in [4.69, 9.17) is 11.6 Å². The van der Waals surface area contributed by atoms with Crippen LogP contribution in [0.15, 0.2) is 103 Å². The van der Waals surface area contributed by atoms with E-state index < -0.39 is 17.5 Å². The summed E-state index contributed by atoms with van der Waals surface area (Å²) in [6.07, 6.45) is 0. The lowest BCUT2D eigenvalue weighted by Gasteiger charge is -2.18. The van der Waals surface area contributed by atoms with Gasteiger partial charge in [-0.25, -0.2) is 26.3 Å². The lowest BCUT2D eigenvalue weighted by atomic mass is 10.0. The van der Waals surface area contributed by atoms with Crippen molar-refractivity contribution in [3.63, 3.8) is 0 Å². The standard InChI is InChI=1S/C18H14ClFN2O.C18H13F3N2O.C18H14F2N2O/c1-10-14-8-13(20)9-15(11-2-4-12(19)5-3-11)17(14)22-7-6-21-18(23)16(10)22;1-9-12-7-11(19)8-13(10-2-3-14(20)15(21)6-10)17(12)23-5-4-22-18(24)16(9)23;1-10-14-8-13(20)9-15(11-2-4-12(19)5-3-11)17(14)22-7-6-21-18(23)16(10)22/h2-5,8-9H,6-7H2,1H3,(H,21,23);2-3,6-8H,4-5H2,1H3,(H,22,24);2-5,8-9H,6-7H2,1H3,(H,21,23). The second-order valence-electron chi connectivity index (χ2n) is 17.3. The average Bonchev–Trinajstić information content (AvgIpc) is 3.91. The first-order chi connectivity index (χ1) is 33.6. The number of hydrogen-bond acceptors (Lipinski definition) is 3. The van der Waals surface area contributed by atoms with Crippen LogP contribution in [0.2, 0.25) is 5.02 Å². The minimum atomic E-state index is -0.996. The highest BCUT2D eigenvalue weighted by Crippen LogP contribution is 2.39. The summed E-state index contributed by atoms with van der Waals surface area (Å²) in [5.41, 5.74) is 10.1. The molecular formula is C54H41ClF6N6O3. The highest BCUT2D eigenvalue weighted by molar-refractivity contribution is 6.30. The molecule has 3 aliphatic rings. The molecule has 0 fully saturated rings. The monoisotopic (exact) mass is 970 g/mol. The molecular weight excluding hydrogens is 930 g/mol. The number of nitrogens with one attached hydrogen (secondary N) is 3. The molecule has 0 radical (unpaired) electrons. The van der Waals surface area contributed by atoms with Crippen molar-refractivity contribution in [3.05, 3.63) is 177 Å². The fourth-order valence-corrected chi connectivity index (χ4v) is 10.2. The van der Waals surface area contributed by atoms with Crippen molar-refractivity contribution in [1.29, 1.82) is 0 Å². The van der Waals surface area contributed by atoms with Crippen LogP contribution in [0.3, 0.4) is 0 Å². The Labute approximate surface area is 401 Å². The Hall–Kier alpha value is -7.78. The molecule has 0 spiro atoms. The number of aryl methyl sites for hydroxylation is 3. The van der Waals surface area contributed by atoms with E-state index in [1.807, 2.05) is 39.7 Å². The molecule has 3 amide bonds. The second kappa shape index (κ2) is 17.9. The lowest BCUT2D eigenvalue weighted by molar-refractivity contribution is 0.0920. The minimum absolute atomic E-state index is 0.104. The van der Waals surface area contributed by atoms with Gasteiger partial charge in [0, 0.05) is 77.1 Å². The van der Waals surface area contributed by atoms with Gasteiger partial charge in [-0.2, -0.15) is 0 Å². The second-order valence-corrected chi connectivity index (χ2v) is 17.8. The van der Waals surface area contributed by atoms with E-state index in [2.05, 4.69) is 16.0 Å². The lowest BCUT2D eigenvalue weighted by Crippen LogP contribution is -2.35. The van der Waals surface area contributed by atoms with Crippen LogP contribution in [0.1, 0.15) is 48.2 Å². The van der Waals surface area contributed by atoms with E-state index in [0.717, 1.165) is 61.8 Å². The van der Waals surface area contributed by atoms with Gasteiger partial charge in [-0.15, -0.1) is 0 Å². The summed E-state index contributed by atoms with van der Waals surface area (Å²) in [5.74, 6) is -3.93. The van der Waals surface area contributed by atoms with Crippen molar-refractivity contribution < 1.29 is 40.7 Å².